The van der Waals surface area contributed by atoms with Crippen molar-refractivity contribution < 1.29 is 18.3 Å². The van der Waals surface area contributed by atoms with Crippen LogP contribution in [0.25, 0.3) is 0 Å². The lowest BCUT2D eigenvalue weighted by Crippen LogP contribution is -2.07. The van der Waals surface area contributed by atoms with Gasteiger partial charge in [-0.3, -0.25) is 0 Å². The summed E-state index contributed by atoms with van der Waals surface area (Å²) in [7, 11) is 1.65. The molecule has 0 aliphatic carbocycles. The number of rotatable bonds is 8. The Morgan fingerprint density at radius 2 is 2.00 bits per heavy atom. The van der Waals surface area contributed by atoms with Gasteiger partial charge < -0.3 is 14.8 Å². The second-order valence-electron chi connectivity index (χ2n) is 3.50. The predicted molar refractivity (Wildman–Crippen MR) is 62.7 cm³/mol. The molecule has 3 nitrogen and oxygen atoms in total. The highest BCUT2D eigenvalue weighted by molar-refractivity contribution is 5.56. The van der Waals surface area contributed by atoms with Crippen molar-refractivity contribution in [1.82, 2.24) is 0 Å². The van der Waals surface area contributed by atoms with Gasteiger partial charge >= 0.3 is 6.61 Å². The zero-order chi connectivity index (χ0) is 12.5. The number of alkyl halides is 2. The standard InChI is InChI=1S/C12H17F2NO2/c1-16-9-5-4-8-15-10-6-2-3-7-11(10)17-12(13)14/h2-3,6-7,12,15H,4-5,8-9H2,1H3. The van der Waals surface area contributed by atoms with Gasteiger partial charge in [0, 0.05) is 20.3 Å². The molecule has 0 heterocycles. The third-order valence-corrected chi connectivity index (χ3v) is 2.19. The molecule has 1 rings (SSSR count). The lowest BCUT2D eigenvalue weighted by molar-refractivity contribution is -0.0493. The van der Waals surface area contributed by atoms with E-state index in [2.05, 4.69) is 10.1 Å². The molecule has 0 atom stereocenters. The van der Waals surface area contributed by atoms with Crippen LogP contribution >= 0.6 is 0 Å². The van der Waals surface area contributed by atoms with Crippen molar-refractivity contribution in [3.05, 3.63) is 24.3 Å². The Morgan fingerprint density at radius 1 is 1.24 bits per heavy atom. The summed E-state index contributed by atoms with van der Waals surface area (Å²) in [6.45, 7) is -1.39. The molecule has 0 spiro atoms. The van der Waals surface area contributed by atoms with Gasteiger partial charge in [0.25, 0.3) is 0 Å². The number of hydrogen-bond acceptors (Lipinski definition) is 3. The van der Waals surface area contributed by atoms with E-state index >= 15 is 0 Å². The second-order valence-corrected chi connectivity index (χ2v) is 3.50. The molecule has 0 amide bonds. The van der Waals surface area contributed by atoms with Crippen molar-refractivity contribution in [2.24, 2.45) is 0 Å². The number of nitrogens with one attached hydrogen (secondary N) is 1. The van der Waals surface area contributed by atoms with Gasteiger partial charge in [-0.15, -0.1) is 0 Å². The number of ether oxygens (including phenoxy) is 2. The molecule has 1 aromatic carbocycles. The molecule has 0 saturated heterocycles. The zero-order valence-corrected chi connectivity index (χ0v) is 9.79. The van der Waals surface area contributed by atoms with Crippen LogP contribution in [0.4, 0.5) is 14.5 Å². The Balaban J connectivity index is 2.40. The van der Waals surface area contributed by atoms with Crippen LogP contribution in [0, 0.1) is 0 Å². The summed E-state index contributed by atoms with van der Waals surface area (Å²) in [6.07, 6.45) is 1.85. The van der Waals surface area contributed by atoms with Crippen molar-refractivity contribution in [1.29, 1.82) is 0 Å². The maximum atomic E-state index is 12.1. The van der Waals surface area contributed by atoms with Gasteiger partial charge in [-0.2, -0.15) is 8.78 Å². The molecule has 0 aromatic heterocycles. The molecule has 1 N–H and O–H groups in total. The maximum absolute atomic E-state index is 12.1. The Morgan fingerprint density at radius 3 is 2.71 bits per heavy atom. The Labute approximate surface area is 99.7 Å². The van der Waals surface area contributed by atoms with E-state index in [0.717, 1.165) is 12.8 Å². The fourth-order valence-electron chi connectivity index (χ4n) is 1.41. The molecule has 17 heavy (non-hydrogen) atoms. The molecule has 5 heteroatoms. The zero-order valence-electron chi connectivity index (χ0n) is 9.79. The van der Waals surface area contributed by atoms with Crippen LogP contribution in [0.2, 0.25) is 0 Å². The summed E-state index contributed by atoms with van der Waals surface area (Å²) in [5.74, 6) is 0.175. The monoisotopic (exact) mass is 245 g/mol. The first-order valence-corrected chi connectivity index (χ1v) is 5.50. The summed E-state index contributed by atoms with van der Waals surface area (Å²) in [5.41, 5.74) is 0.588. The first-order chi connectivity index (χ1) is 8.24. The number of methoxy groups -OCH3 is 1. The lowest BCUT2D eigenvalue weighted by Gasteiger charge is -2.12. The molecule has 0 aliphatic heterocycles. The lowest BCUT2D eigenvalue weighted by atomic mass is 10.2. The highest BCUT2D eigenvalue weighted by Crippen LogP contribution is 2.25. The Hall–Kier alpha value is -1.36. The topological polar surface area (TPSA) is 30.5 Å². The van der Waals surface area contributed by atoms with Crippen LogP contribution in [0.15, 0.2) is 24.3 Å². The van der Waals surface area contributed by atoms with Crippen LogP contribution in [0.1, 0.15) is 12.8 Å². The Kier molecular flexibility index (Phi) is 6.32. The van der Waals surface area contributed by atoms with Crippen molar-refractivity contribution in [3.63, 3.8) is 0 Å². The average Bonchev–Trinajstić information content (AvgIpc) is 2.30. The van der Waals surface area contributed by atoms with Gasteiger partial charge in [-0.05, 0) is 25.0 Å². The highest BCUT2D eigenvalue weighted by atomic mass is 19.3. The van der Waals surface area contributed by atoms with Crippen LogP contribution < -0.4 is 10.1 Å². The molecule has 0 aliphatic rings. The molecule has 96 valence electrons. The van der Waals surface area contributed by atoms with Crippen LogP contribution in [-0.4, -0.2) is 26.9 Å². The van der Waals surface area contributed by atoms with Gasteiger partial charge in [-0.25, -0.2) is 0 Å². The normalized spacial score (nSPS) is 10.6. The maximum Gasteiger partial charge on any atom is 0.387 e. The summed E-state index contributed by atoms with van der Waals surface area (Å²) in [4.78, 5) is 0. The molecular formula is C12H17F2NO2. The third-order valence-electron chi connectivity index (χ3n) is 2.19. The fraction of sp³-hybridized carbons (Fsp3) is 0.500. The first-order valence-electron chi connectivity index (χ1n) is 5.50. The summed E-state index contributed by atoms with van der Waals surface area (Å²) >= 11 is 0. The number of halogens is 2. The van der Waals surface area contributed by atoms with E-state index in [1.807, 2.05) is 0 Å². The van der Waals surface area contributed by atoms with Crippen LogP contribution in [0.5, 0.6) is 5.75 Å². The van der Waals surface area contributed by atoms with E-state index in [9.17, 15) is 8.78 Å². The molecule has 0 bridgehead atoms. The van der Waals surface area contributed by atoms with E-state index in [1.165, 1.54) is 6.07 Å². The van der Waals surface area contributed by atoms with Crippen molar-refractivity contribution >= 4 is 5.69 Å². The highest BCUT2D eigenvalue weighted by Gasteiger charge is 2.08. The molecular weight excluding hydrogens is 228 g/mol. The molecule has 0 fully saturated rings. The number of benzene rings is 1. The second kappa shape index (κ2) is 7.84. The van der Waals surface area contributed by atoms with Crippen molar-refractivity contribution in [3.8, 4) is 5.75 Å². The number of anilines is 1. The van der Waals surface area contributed by atoms with E-state index in [4.69, 9.17) is 4.74 Å². The molecule has 0 saturated carbocycles. The quantitative estimate of drug-likeness (QED) is 0.714. The SMILES string of the molecule is COCCCCNc1ccccc1OC(F)F. The van der Waals surface area contributed by atoms with E-state index in [-0.39, 0.29) is 5.75 Å². The van der Waals surface area contributed by atoms with Gasteiger partial charge in [-0.1, -0.05) is 12.1 Å². The fourth-order valence-corrected chi connectivity index (χ4v) is 1.41. The van der Waals surface area contributed by atoms with Crippen LogP contribution in [-0.2, 0) is 4.74 Å². The molecule has 0 radical (unpaired) electrons. The van der Waals surface area contributed by atoms with E-state index < -0.39 is 6.61 Å². The summed E-state index contributed by atoms with van der Waals surface area (Å²) < 4.78 is 33.6. The Bertz CT molecular complexity index is 321. The number of hydrogen-bond donors (Lipinski definition) is 1. The number of para-hydroxylation sites is 2. The van der Waals surface area contributed by atoms with E-state index in [0.29, 0.717) is 18.8 Å². The largest absolute Gasteiger partial charge is 0.433 e. The summed E-state index contributed by atoms with van der Waals surface area (Å²) in [5, 5.41) is 3.06. The first kappa shape index (κ1) is 13.7. The summed E-state index contributed by atoms with van der Waals surface area (Å²) in [6, 6.07) is 6.67. The molecule has 1 aromatic rings. The van der Waals surface area contributed by atoms with E-state index in [1.54, 1.807) is 25.3 Å². The molecule has 0 unspecified atom stereocenters. The average molecular weight is 245 g/mol. The minimum absolute atomic E-state index is 0.175. The smallest absolute Gasteiger partial charge is 0.387 e. The van der Waals surface area contributed by atoms with Crippen molar-refractivity contribution in [2.75, 3.05) is 25.6 Å². The van der Waals surface area contributed by atoms with Gasteiger partial charge in [0.15, 0.2) is 0 Å². The van der Waals surface area contributed by atoms with Gasteiger partial charge in [0.1, 0.15) is 5.75 Å². The predicted octanol–water partition coefficient (Wildman–Crippen LogP) is 3.13. The minimum Gasteiger partial charge on any atom is -0.433 e. The third kappa shape index (κ3) is 5.49. The van der Waals surface area contributed by atoms with Gasteiger partial charge in [0.2, 0.25) is 0 Å². The minimum atomic E-state index is -2.80. The number of unbranched alkanes of at least 4 members (excludes halogenated alkanes) is 1. The van der Waals surface area contributed by atoms with Crippen LogP contribution in [0.3, 0.4) is 0 Å². The van der Waals surface area contributed by atoms with Gasteiger partial charge in [0.05, 0.1) is 5.69 Å². The van der Waals surface area contributed by atoms with Crippen molar-refractivity contribution in [2.45, 2.75) is 19.5 Å².